The third kappa shape index (κ3) is 10.6. The molecule has 0 bridgehead atoms. The van der Waals surface area contributed by atoms with E-state index in [2.05, 4.69) is 5.32 Å². The van der Waals surface area contributed by atoms with Crippen molar-refractivity contribution in [1.29, 1.82) is 0 Å². The van der Waals surface area contributed by atoms with Gasteiger partial charge in [0.15, 0.2) is 6.10 Å². The normalized spacial score (nSPS) is 12.3. The van der Waals surface area contributed by atoms with Crippen molar-refractivity contribution < 1.29 is 33.8 Å². The first-order valence-electron chi connectivity index (χ1n) is 17.2. The molecule has 0 aromatic heterocycles. The Morgan fingerprint density at radius 1 is 0.679 bits per heavy atom. The summed E-state index contributed by atoms with van der Waals surface area (Å²) in [7, 11) is 0. The number of nitrogens with one attached hydrogen (secondary N) is 1. The minimum Gasteiger partial charge on any atom is -0.478 e. The fourth-order valence-electron chi connectivity index (χ4n) is 5.68. The van der Waals surface area contributed by atoms with Crippen LogP contribution in [0.2, 0.25) is 0 Å². The van der Waals surface area contributed by atoms with Gasteiger partial charge in [0.1, 0.15) is 11.6 Å². The van der Waals surface area contributed by atoms with Crippen molar-refractivity contribution in [2.75, 3.05) is 17.2 Å². The molecule has 5 aromatic rings. The standard InChI is InChI=1S/C43H42N2O7S/c1-43(2,3)52-42(50)44-28-37(30-18-8-4-9-19-30)53-29-36(41(49)51-38(31-20-10-5-11-21-31)32-22-12-6-13-23-32)45(33-24-14-7-15-25-33)39(46)34-26-16-17-27-35(34)40(47)48/h4-27,36-38H,28-29H2,1-3H3,(H,44,50)(H,47,48)/t36-,37?/m0/s1. The maximum atomic E-state index is 14.8. The number of amides is 2. The van der Waals surface area contributed by atoms with E-state index in [9.17, 15) is 24.3 Å². The van der Waals surface area contributed by atoms with Crippen molar-refractivity contribution in [2.24, 2.45) is 0 Å². The van der Waals surface area contributed by atoms with Gasteiger partial charge in [0.2, 0.25) is 0 Å². The topological polar surface area (TPSA) is 122 Å². The third-order valence-electron chi connectivity index (χ3n) is 8.12. The van der Waals surface area contributed by atoms with Crippen molar-refractivity contribution in [3.05, 3.63) is 173 Å². The number of carboxylic acids is 1. The molecule has 272 valence electrons. The fraction of sp³-hybridized carbons (Fsp3) is 0.209. The first kappa shape index (κ1) is 38.4. The second-order valence-corrected chi connectivity index (χ2v) is 14.4. The van der Waals surface area contributed by atoms with E-state index in [1.165, 1.54) is 28.8 Å². The highest BCUT2D eigenvalue weighted by Crippen LogP contribution is 2.34. The predicted molar refractivity (Wildman–Crippen MR) is 207 cm³/mol. The Kier molecular flexibility index (Phi) is 13.1. The van der Waals surface area contributed by atoms with E-state index in [4.69, 9.17) is 9.47 Å². The Morgan fingerprint density at radius 2 is 1.15 bits per heavy atom. The smallest absolute Gasteiger partial charge is 0.407 e. The van der Waals surface area contributed by atoms with Crippen LogP contribution in [0.4, 0.5) is 10.5 Å². The van der Waals surface area contributed by atoms with Gasteiger partial charge in [0.25, 0.3) is 5.91 Å². The molecule has 2 amide bonds. The van der Waals surface area contributed by atoms with Crippen molar-refractivity contribution in [3.63, 3.8) is 0 Å². The zero-order chi connectivity index (χ0) is 37.8. The molecule has 9 nitrogen and oxygen atoms in total. The molecule has 2 N–H and O–H groups in total. The van der Waals surface area contributed by atoms with Crippen LogP contribution in [0.3, 0.4) is 0 Å². The molecular formula is C43H42N2O7S. The number of benzene rings is 5. The van der Waals surface area contributed by atoms with Gasteiger partial charge in [-0.05, 0) is 61.7 Å². The van der Waals surface area contributed by atoms with Crippen LogP contribution in [-0.4, -0.2) is 53.0 Å². The van der Waals surface area contributed by atoms with E-state index < -0.39 is 41.7 Å². The molecule has 0 saturated carbocycles. The third-order valence-corrected chi connectivity index (χ3v) is 9.47. The first-order chi connectivity index (χ1) is 25.5. The second kappa shape index (κ2) is 18.1. The summed E-state index contributed by atoms with van der Waals surface area (Å²) in [6.45, 7) is 5.50. The molecule has 2 atom stereocenters. The molecule has 5 aromatic carbocycles. The SMILES string of the molecule is CC(C)(C)OC(=O)NCC(SC[C@@H](C(=O)OC(c1ccccc1)c1ccccc1)N(C(=O)c1ccccc1C(=O)O)c1ccccc1)c1ccccc1. The van der Waals surface area contributed by atoms with E-state index in [1.807, 2.05) is 91.0 Å². The Bertz CT molecular complexity index is 1930. The van der Waals surface area contributed by atoms with Crippen LogP contribution in [-0.2, 0) is 14.3 Å². The minimum atomic E-state index is -1.28. The molecule has 0 heterocycles. The Balaban J connectivity index is 1.58. The number of anilines is 1. The maximum Gasteiger partial charge on any atom is 0.407 e. The Hall–Kier alpha value is -5.87. The van der Waals surface area contributed by atoms with E-state index in [0.29, 0.717) is 5.69 Å². The highest BCUT2D eigenvalue weighted by molar-refractivity contribution is 7.99. The molecule has 0 aliphatic rings. The zero-order valence-corrected chi connectivity index (χ0v) is 30.6. The lowest BCUT2D eigenvalue weighted by molar-refractivity contribution is -0.148. The molecule has 5 rings (SSSR count). The summed E-state index contributed by atoms with van der Waals surface area (Å²) in [4.78, 5) is 55.9. The van der Waals surface area contributed by atoms with Gasteiger partial charge in [0, 0.05) is 23.2 Å². The van der Waals surface area contributed by atoms with Crippen LogP contribution in [0.25, 0.3) is 0 Å². The van der Waals surface area contributed by atoms with Crippen molar-refractivity contribution in [3.8, 4) is 0 Å². The number of carboxylic acid groups (broad SMARTS) is 1. The van der Waals surface area contributed by atoms with Gasteiger partial charge >= 0.3 is 18.0 Å². The number of rotatable bonds is 14. The minimum absolute atomic E-state index is 0.0144. The number of esters is 1. The van der Waals surface area contributed by atoms with Crippen LogP contribution < -0.4 is 10.2 Å². The summed E-state index contributed by atoms with van der Waals surface area (Å²) in [6.07, 6.45) is -1.40. The summed E-state index contributed by atoms with van der Waals surface area (Å²) >= 11 is 1.35. The number of nitrogens with zero attached hydrogens (tertiary/aromatic N) is 1. The fourth-order valence-corrected chi connectivity index (χ4v) is 6.93. The van der Waals surface area contributed by atoms with Crippen LogP contribution in [0.15, 0.2) is 146 Å². The summed E-state index contributed by atoms with van der Waals surface area (Å²) in [5, 5.41) is 12.5. The second-order valence-electron chi connectivity index (χ2n) is 13.1. The number of para-hydroxylation sites is 1. The molecule has 53 heavy (non-hydrogen) atoms. The predicted octanol–water partition coefficient (Wildman–Crippen LogP) is 8.73. The van der Waals surface area contributed by atoms with Crippen LogP contribution in [0.5, 0.6) is 0 Å². The summed E-state index contributed by atoms with van der Waals surface area (Å²) in [5.41, 5.74) is 1.73. The summed E-state index contributed by atoms with van der Waals surface area (Å²) in [6, 6.07) is 41.5. The van der Waals surface area contributed by atoms with Crippen molar-refractivity contribution in [1.82, 2.24) is 5.32 Å². The number of carbonyl (C=O) groups excluding carboxylic acids is 3. The van der Waals surface area contributed by atoms with Gasteiger partial charge in [0.05, 0.1) is 11.1 Å². The zero-order valence-electron chi connectivity index (χ0n) is 29.8. The number of hydrogen-bond acceptors (Lipinski definition) is 7. The van der Waals surface area contributed by atoms with Gasteiger partial charge in [-0.15, -0.1) is 11.8 Å². The molecular weight excluding hydrogens is 689 g/mol. The molecule has 10 heteroatoms. The van der Waals surface area contributed by atoms with Gasteiger partial charge in [-0.25, -0.2) is 14.4 Å². The lowest BCUT2D eigenvalue weighted by Crippen LogP contribution is -2.48. The summed E-state index contributed by atoms with van der Waals surface area (Å²) < 4.78 is 11.9. The van der Waals surface area contributed by atoms with Gasteiger partial charge in [-0.1, -0.05) is 121 Å². The van der Waals surface area contributed by atoms with E-state index in [1.54, 1.807) is 63.2 Å². The lowest BCUT2D eigenvalue weighted by Gasteiger charge is -2.33. The van der Waals surface area contributed by atoms with E-state index in [-0.39, 0.29) is 28.7 Å². The van der Waals surface area contributed by atoms with E-state index in [0.717, 1.165) is 16.7 Å². The van der Waals surface area contributed by atoms with Gasteiger partial charge < -0.3 is 19.9 Å². The highest BCUT2D eigenvalue weighted by Gasteiger charge is 2.37. The van der Waals surface area contributed by atoms with Gasteiger partial charge in [-0.2, -0.15) is 0 Å². The number of ether oxygens (including phenoxy) is 2. The molecule has 1 unspecified atom stereocenters. The summed E-state index contributed by atoms with van der Waals surface area (Å²) in [5.74, 6) is -2.65. The lowest BCUT2D eigenvalue weighted by atomic mass is 10.0. The molecule has 0 radical (unpaired) electrons. The van der Waals surface area contributed by atoms with E-state index >= 15 is 0 Å². The van der Waals surface area contributed by atoms with Crippen LogP contribution in [0, 0.1) is 0 Å². The van der Waals surface area contributed by atoms with Crippen molar-refractivity contribution in [2.45, 2.75) is 43.8 Å². The molecule has 0 saturated heterocycles. The highest BCUT2D eigenvalue weighted by atomic mass is 32.2. The largest absolute Gasteiger partial charge is 0.478 e. The molecule has 0 aliphatic heterocycles. The number of hydrogen-bond donors (Lipinski definition) is 2. The Labute approximate surface area is 314 Å². The quantitative estimate of drug-likeness (QED) is 0.109. The number of thioether (sulfide) groups is 1. The molecule has 0 aliphatic carbocycles. The van der Waals surface area contributed by atoms with Gasteiger partial charge in [-0.3, -0.25) is 9.69 Å². The Morgan fingerprint density at radius 3 is 1.66 bits per heavy atom. The average Bonchev–Trinajstić information content (AvgIpc) is 3.17. The number of alkyl carbamates (subject to hydrolysis) is 1. The van der Waals surface area contributed by atoms with Crippen LogP contribution in [0.1, 0.15) is 69.5 Å². The number of carbonyl (C=O) groups is 4. The first-order valence-corrected chi connectivity index (χ1v) is 18.2. The maximum absolute atomic E-state index is 14.8. The average molecular weight is 731 g/mol. The number of aromatic carboxylic acids is 1. The monoisotopic (exact) mass is 730 g/mol. The van der Waals surface area contributed by atoms with Crippen LogP contribution >= 0.6 is 11.8 Å². The van der Waals surface area contributed by atoms with Crippen molar-refractivity contribution >= 4 is 41.4 Å². The molecule has 0 spiro atoms. The molecule has 0 fully saturated rings.